The first-order valence-electron chi connectivity index (χ1n) is 7.67. The predicted octanol–water partition coefficient (Wildman–Crippen LogP) is 3.39. The first kappa shape index (κ1) is 18.8. The number of halogens is 1. The van der Waals surface area contributed by atoms with Gasteiger partial charge in [0.15, 0.2) is 0 Å². The van der Waals surface area contributed by atoms with Crippen molar-refractivity contribution in [2.45, 2.75) is 11.3 Å². The van der Waals surface area contributed by atoms with Crippen LogP contribution < -0.4 is 9.46 Å². The smallest absolute Gasteiger partial charge is 0.244 e. The number of aromatic nitrogens is 2. The average molecular weight is 410 g/mol. The van der Waals surface area contributed by atoms with Crippen LogP contribution in [0.2, 0.25) is 5.02 Å². The van der Waals surface area contributed by atoms with Gasteiger partial charge in [-0.05, 0) is 30.3 Å². The Bertz CT molecular complexity index is 991. The number of sulfonamides is 1. The Labute approximate surface area is 160 Å². The molecule has 26 heavy (non-hydrogen) atoms. The third kappa shape index (κ3) is 4.39. The quantitative estimate of drug-likeness (QED) is 0.646. The van der Waals surface area contributed by atoms with Gasteiger partial charge in [-0.3, -0.25) is 4.98 Å². The predicted molar refractivity (Wildman–Crippen MR) is 102 cm³/mol. The monoisotopic (exact) mass is 409 g/mol. The van der Waals surface area contributed by atoms with Crippen LogP contribution in [0.15, 0.2) is 53.0 Å². The summed E-state index contributed by atoms with van der Waals surface area (Å²) in [4.78, 5) is 8.53. The van der Waals surface area contributed by atoms with Crippen molar-refractivity contribution in [3.8, 4) is 16.3 Å². The standard InChI is InChI=1S/C17H16ClN3O3S2/c1-24-15-3-2-13(18)10-16(15)26(22,23)20-9-6-14-11-25-17(21-14)12-4-7-19-8-5-12/h2-5,7-8,10-11,20H,6,9H2,1H3. The molecule has 1 aromatic carbocycles. The zero-order chi connectivity index (χ0) is 18.6. The highest BCUT2D eigenvalue weighted by atomic mass is 35.5. The molecular weight excluding hydrogens is 394 g/mol. The Kier molecular flexibility index (Phi) is 5.87. The number of thiazole rings is 1. The molecule has 3 rings (SSSR count). The Morgan fingerprint density at radius 1 is 1.23 bits per heavy atom. The molecule has 3 aromatic rings. The van der Waals surface area contributed by atoms with Crippen LogP contribution in [0.1, 0.15) is 5.69 Å². The van der Waals surface area contributed by atoms with E-state index in [1.165, 1.54) is 30.6 Å². The molecule has 6 nitrogen and oxygen atoms in total. The van der Waals surface area contributed by atoms with Crippen molar-refractivity contribution in [1.29, 1.82) is 0 Å². The van der Waals surface area contributed by atoms with E-state index in [9.17, 15) is 8.42 Å². The van der Waals surface area contributed by atoms with Crippen LogP contribution in [0, 0.1) is 0 Å². The first-order chi connectivity index (χ1) is 12.5. The molecule has 0 atom stereocenters. The highest BCUT2D eigenvalue weighted by Crippen LogP contribution is 2.27. The summed E-state index contributed by atoms with van der Waals surface area (Å²) in [6.07, 6.45) is 3.90. The number of hydrogen-bond acceptors (Lipinski definition) is 6. The second kappa shape index (κ2) is 8.13. The first-order valence-corrected chi connectivity index (χ1v) is 10.4. The number of nitrogens with zero attached hydrogens (tertiary/aromatic N) is 2. The Hall–Kier alpha value is -2.00. The van der Waals surface area contributed by atoms with E-state index in [0.717, 1.165) is 16.3 Å². The fraction of sp³-hybridized carbons (Fsp3) is 0.176. The second-order valence-corrected chi connectivity index (χ2v) is 8.35. The van der Waals surface area contributed by atoms with Crippen LogP contribution in [0.5, 0.6) is 5.75 Å². The van der Waals surface area contributed by atoms with Gasteiger partial charge in [-0.1, -0.05) is 11.6 Å². The van der Waals surface area contributed by atoms with Crippen molar-refractivity contribution < 1.29 is 13.2 Å². The van der Waals surface area contributed by atoms with E-state index >= 15 is 0 Å². The minimum absolute atomic E-state index is 0.0169. The number of benzene rings is 1. The molecular formula is C17H16ClN3O3S2. The molecule has 0 saturated carbocycles. The lowest BCUT2D eigenvalue weighted by molar-refractivity contribution is 0.402. The Balaban J connectivity index is 1.66. The van der Waals surface area contributed by atoms with Gasteiger partial charge in [0.25, 0.3) is 0 Å². The van der Waals surface area contributed by atoms with Crippen LogP contribution in [0.25, 0.3) is 10.6 Å². The summed E-state index contributed by atoms with van der Waals surface area (Å²) in [6, 6.07) is 8.24. The van der Waals surface area contributed by atoms with E-state index in [2.05, 4.69) is 14.7 Å². The molecule has 2 aromatic heterocycles. The zero-order valence-corrected chi connectivity index (χ0v) is 16.2. The molecule has 0 bridgehead atoms. The fourth-order valence-electron chi connectivity index (χ4n) is 2.30. The van der Waals surface area contributed by atoms with Gasteiger partial charge in [0.05, 0.1) is 12.8 Å². The van der Waals surface area contributed by atoms with Gasteiger partial charge in [-0.25, -0.2) is 18.1 Å². The molecule has 136 valence electrons. The number of pyridine rings is 1. The second-order valence-electron chi connectivity index (χ2n) is 5.32. The fourth-order valence-corrected chi connectivity index (χ4v) is 4.62. The number of hydrogen-bond donors (Lipinski definition) is 1. The number of ether oxygens (including phenoxy) is 1. The summed E-state index contributed by atoms with van der Waals surface area (Å²) >= 11 is 7.42. The maximum atomic E-state index is 12.5. The van der Waals surface area contributed by atoms with Gasteiger partial charge in [0.1, 0.15) is 15.7 Å². The van der Waals surface area contributed by atoms with Crippen LogP contribution >= 0.6 is 22.9 Å². The molecule has 0 spiro atoms. The SMILES string of the molecule is COc1ccc(Cl)cc1S(=O)(=O)NCCc1csc(-c2ccncc2)n1. The molecule has 0 aliphatic rings. The van der Waals surface area contributed by atoms with Gasteiger partial charge < -0.3 is 4.74 Å². The van der Waals surface area contributed by atoms with Crippen molar-refractivity contribution in [2.75, 3.05) is 13.7 Å². The number of rotatable bonds is 7. The average Bonchev–Trinajstić information content (AvgIpc) is 3.11. The van der Waals surface area contributed by atoms with Crippen molar-refractivity contribution in [3.63, 3.8) is 0 Å². The largest absolute Gasteiger partial charge is 0.495 e. The van der Waals surface area contributed by atoms with Crippen LogP contribution in [-0.4, -0.2) is 32.0 Å². The minimum Gasteiger partial charge on any atom is -0.495 e. The summed E-state index contributed by atoms with van der Waals surface area (Å²) in [6.45, 7) is 0.220. The van der Waals surface area contributed by atoms with Crippen molar-refractivity contribution in [2.24, 2.45) is 0 Å². The van der Waals surface area contributed by atoms with E-state index < -0.39 is 10.0 Å². The highest BCUT2D eigenvalue weighted by Gasteiger charge is 2.19. The number of methoxy groups -OCH3 is 1. The van der Waals surface area contributed by atoms with Crippen molar-refractivity contribution >= 4 is 33.0 Å². The maximum absolute atomic E-state index is 12.5. The topological polar surface area (TPSA) is 81.2 Å². The lowest BCUT2D eigenvalue weighted by Crippen LogP contribution is -2.26. The van der Waals surface area contributed by atoms with Gasteiger partial charge >= 0.3 is 0 Å². The summed E-state index contributed by atoms with van der Waals surface area (Å²) < 4.78 is 32.7. The summed E-state index contributed by atoms with van der Waals surface area (Å²) in [5.41, 5.74) is 1.81. The van der Waals surface area contributed by atoms with E-state index in [1.54, 1.807) is 18.5 Å². The minimum atomic E-state index is -3.73. The van der Waals surface area contributed by atoms with Crippen molar-refractivity contribution in [3.05, 3.63) is 58.8 Å². The molecule has 0 aliphatic carbocycles. The molecule has 0 aliphatic heterocycles. The summed E-state index contributed by atoms with van der Waals surface area (Å²) in [7, 11) is -2.32. The molecule has 0 radical (unpaired) electrons. The Morgan fingerprint density at radius 3 is 2.73 bits per heavy atom. The summed E-state index contributed by atoms with van der Waals surface area (Å²) in [5.74, 6) is 0.246. The molecule has 1 N–H and O–H groups in total. The number of nitrogens with one attached hydrogen (secondary N) is 1. The normalized spacial score (nSPS) is 11.5. The molecule has 9 heteroatoms. The molecule has 0 fully saturated rings. The van der Waals surface area contributed by atoms with Gasteiger partial charge in [-0.15, -0.1) is 11.3 Å². The Morgan fingerprint density at radius 2 is 2.00 bits per heavy atom. The third-order valence-electron chi connectivity index (χ3n) is 3.57. The van der Waals surface area contributed by atoms with E-state index in [4.69, 9.17) is 16.3 Å². The lowest BCUT2D eigenvalue weighted by Gasteiger charge is -2.10. The lowest BCUT2D eigenvalue weighted by atomic mass is 10.3. The van der Waals surface area contributed by atoms with E-state index in [0.29, 0.717) is 11.4 Å². The molecule has 2 heterocycles. The summed E-state index contributed by atoms with van der Waals surface area (Å²) in [5, 5.41) is 3.12. The van der Waals surface area contributed by atoms with Gasteiger partial charge in [-0.2, -0.15) is 0 Å². The van der Waals surface area contributed by atoms with Crippen LogP contribution in [0.4, 0.5) is 0 Å². The van der Waals surface area contributed by atoms with Gasteiger partial charge in [0, 0.05) is 41.3 Å². The molecule has 0 saturated heterocycles. The molecule has 0 unspecified atom stereocenters. The highest BCUT2D eigenvalue weighted by molar-refractivity contribution is 7.89. The van der Waals surface area contributed by atoms with Gasteiger partial charge in [0.2, 0.25) is 10.0 Å². The van der Waals surface area contributed by atoms with Crippen LogP contribution in [0.3, 0.4) is 0 Å². The maximum Gasteiger partial charge on any atom is 0.244 e. The van der Waals surface area contributed by atoms with E-state index in [1.807, 2.05) is 17.5 Å². The van der Waals surface area contributed by atoms with E-state index in [-0.39, 0.29) is 17.2 Å². The van der Waals surface area contributed by atoms with Crippen LogP contribution in [-0.2, 0) is 16.4 Å². The third-order valence-corrected chi connectivity index (χ3v) is 6.22. The zero-order valence-electron chi connectivity index (χ0n) is 13.8. The van der Waals surface area contributed by atoms with Crippen molar-refractivity contribution in [1.82, 2.24) is 14.7 Å². The molecule has 0 amide bonds.